The van der Waals surface area contributed by atoms with Gasteiger partial charge in [0.1, 0.15) is 11.6 Å². The van der Waals surface area contributed by atoms with E-state index in [9.17, 15) is 4.21 Å². The van der Waals surface area contributed by atoms with Gasteiger partial charge in [0.05, 0.1) is 29.3 Å². The van der Waals surface area contributed by atoms with Crippen LogP contribution in [0.15, 0.2) is 119 Å². The second-order valence-corrected chi connectivity index (χ2v) is 10.9. The molecule has 6 rings (SSSR count). The van der Waals surface area contributed by atoms with E-state index in [1.807, 2.05) is 79.7 Å². The van der Waals surface area contributed by atoms with E-state index in [4.69, 9.17) is 9.72 Å². The van der Waals surface area contributed by atoms with Crippen molar-refractivity contribution in [2.24, 2.45) is 7.05 Å². The van der Waals surface area contributed by atoms with Crippen LogP contribution in [0.25, 0.3) is 44.7 Å². The normalized spacial score (nSPS) is 12.0. The molecule has 2 aromatic heterocycles. The Morgan fingerprint density at radius 1 is 0.769 bits per heavy atom. The largest absolute Gasteiger partial charge is 0.497 e. The highest BCUT2D eigenvalue weighted by molar-refractivity contribution is 7.85. The molecule has 1 atom stereocenters. The molecule has 0 saturated carbocycles. The van der Waals surface area contributed by atoms with Gasteiger partial charge in [0.2, 0.25) is 0 Å². The van der Waals surface area contributed by atoms with E-state index >= 15 is 0 Å². The van der Waals surface area contributed by atoms with E-state index in [0.717, 1.165) is 65.8 Å². The SMILES string of the molecule is COc1ccc2cc(-c3c(-c4ccncc4)nc(-c4ccc(S(=O)c5ccccc5)cc4C)n3C)ccc2c1. The van der Waals surface area contributed by atoms with Crippen molar-refractivity contribution in [3.63, 3.8) is 0 Å². The van der Waals surface area contributed by atoms with E-state index in [0.29, 0.717) is 0 Å². The number of aryl methyl sites for hydroxylation is 1. The van der Waals surface area contributed by atoms with Crippen LogP contribution in [0.4, 0.5) is 0 Å². The number of benzene rings is 4. The quantitative estimate of drug-likeness (QED) is 0.225. The highest BCUT2D eigenvalue weighted by Crippen LogP contribution is 2.38. The molecule has 6 heteroatoms. The average Bonchev–Trinajstić information content (AvgIpc) is 3.33. The van der Waals surface area contributed by atoms with Crippen LogP contribution in [-0.2, 0) is 17.8 Å². The fourth-order valence-corrected chi connectivity index (χ4v) is 6.11. The number of pyridine rings is 1. The van der Waals surface area contributed by atoms with Crippen molar-refractivity contribution in [2.45, 2.75) is 16.7 Å². The monoisotopic (exact) mass is 529 g/mol. The van der Waals surface area contributed by atoms with E-state index in [1.54, 1.807) is 19.5 Å². The van der Waals surface area contributed by atoms with E-state index in [1.165, 1.54) is 0 Å². The van der Waals surface area contributed by atoms with Crippen molar-refractivity contribution in [2.75, 3.05) is 7.11 Å². The number of imidazole rings is 1. The minimum atomic E-state index is -1.24. The predicted molar refractivity (Wildman–Crippen MR) is 157 cm³/mol. The number of hydrogen-bond donors (Lipinski definition) is 0. The first-order valence-electron chi connectivity index (χ1n) is 12.7. The Kier molecular flexibility index (Phi) is 6.55. The minimum Gasteiger partial charge on any atom is -0.497 e. The van der Waals surface area contributed by atoms with Crippen molar-refractivity contribution in [1.29, 1.82) is 0 Å². The van der Waals surface area contributed by atoms with E-state index < -0.39 is 10.8 Å². The Morgan fingerprint density at radius 2 is 1.51 bits per heavy atom. The van der Waals surface area contributed by atoms with Crippen molar-refractivity contribution < 1.29 is 8.95 Å². The lowest BCUT2D eigenvalue weighted by Crippen LogP contribution is -1.99. The Hall–Kier alpha value is -4.55. The molecule has 0 N–H and O–H groups in total. The van der Waals surface area contributed by atoms with Gasteiger partial charge in [-0.15, -0.1) is 0 Å². The van der Waals surface area contributed by atoms with E-state index in [-0.39, 0.29) is 0 Å². The lowest BCUT2D eigenvalue weighted by Gasteiger charge is -2.12. The summed E-state index contributed by atoms with van der Waals surface area (Å²) in [5, 5.41) is 2.24. The molecule has 2 heterocycles. The maximum absolute atomic E-state index is 13.2. The van der Waals surface area contributed by atoms with Crippen LogP contribution in [0.5, 0.6) is 5.75 Å². The fourth-order valence-electron chi connectivity index (χ4n) is 4.96. The maximum atomic E-state index is 13.2. The van der Waals surface area contributed by atoms with Crippen LogP contribution in [0.2, 0.25) is 0 Å². The number of methoxy groups -OCH3 is 1. The molecule has 0 radical (unpaired) electrons. The second kappa shape index (κ2) is 10.3. The smallest absolute Gasteiger partial charge is 0.141 e. The molecule has 0 amide bonds. The van der Waals surface area contributed by atoms with Gasteiger partial charge in [0.15, 0.2) is 0 Å². The predicted octanol–water partition coefficient (Wildman–Crippen LogP) is 7.45. The van der Waals surface area contributed by atoms with Crippen LogP contribution in [0.1, 0.15) is 5.56 Å². The van der Waals surface area contributed by atoms with Crippen molar-refractivity contribution >= 4 is 21.6 Å². The third kappa shape index (κ3) is 4.64. The van der Waals surface area contributed by atoms with Crippen LogP contribution in [0.3, 0.4) is 0 Å². The first-order valence-corrected chi connectivity index (χ1v) is 13.8. The Labute approximate surface area is 230 Å². The molecule has 0 aliphatic carbocycles. The van der Waals surface area contributed by atoms with Gasteiger partial charge < -0.3 is 9.30 Å². The number of aromatic nitrogens is 3. The number of hydrogen-bond acceptors (Lipinski definition) is 4. The van der Waals surface area contributed by atoms with Gasteiger partial charge in [0.25, 0.3) is 0 Å². The maximum Gasteiger partial charge on any atom is 0.141 e. The zero-order chi connectivity index (χ0) is 26.9. The fraction of sp³-hybridized carbons (Fsp3) is 0.0909. The summed E-state index contributed by atoms with van der Waals surface area (Å²) in [7, 11) is 2.49. The molecule has 1 unspecified atom stereocenters. The first kappa shape index (κ1) is 24.8. The minimum absolute atomic E-state index is 0.774. The van der Waals surface area contributed by atoms with Crippen molar-refractivity contribution in [3.05, 3.63) is 115 Å². The van der Waals surface area contributed by atoms with Gasteiger partial charge in [-0.05, 0) is 83.9 Å². The molecular weight excluding hydrogens is 502 g/mol. The van der Waals surface area contributed by atoms with Crippen LogP contribution < -0.4 is 4.74 Å². The zero-order valence-corrected chi connectivity index (χ0v) is 22.8. The molecule has 4 aromatic carbocycles. The topological polar surface area (TPSA) is 57.0 Å². The van der Waals surface area contributed by atoms with Crippen LogP contribution >= 0.6 is 0 Å². The van der Waals surface area contributed by atoms with Gasteiger partial charge in [0, 0.05) is 45.9 Å². The Morgan fingerprint density at radius 3 is 2.26 bits per heavy atom. The number of fused-ring (bicyclic) bond motifs is 1. The number of nitrogens with zero attached hydrogens (tertiary/aromatic N) is 3. The molecular formula is C33H27N3O2S. The summed E-state index contributed by atoms with van der Waals surface area (Å²) in [6, 6.07) is 32.0. The summed E-state index contributed by atoms with van der Waals surface area (Å²) < 4.78 is 20.7. The van der Waals surface area contributed by atoms with Crippen LogP contribution in [-0.4, -0.2) is 25.9 Å². The van der Waals surface area contributed by atoms with Gasteiger partial charge in [-0.25, -0.2) is 9.19 Å². The summed E-state index contributed by atoms with van der Waals surface area (Å²) in [5.41, 5.74) is 5.99. The molecule has 6 aromatic rings. The lowest BCUT2D eigenvalue weighted by atomic mass is 10.0. The molecule has 0 spiro atoms. The van der Waals surface area contributed by atoms with E-state index in [2.05, 4.69) is 40.9 Å². The summed E-state index contributed by atoms with van der Waals surface area (Å²) in [6.45, 7) is 2.05. The number of ether oxygens (including phenoxy) is 1. The summed E-state index contributed by atoms with van der Waals surface area (Å²) in [6.07, 6.45) is 3.58. The summed E-state index contributed by atoms with van der Waals surface area (Å²) in [5.74, 6) is 1.68. The van der Waals surface area contributed by atoms with Gasteiger partial charge in [-0.3, -0.25) is 4.98 Å². The highest BCUT2D eigenvalue weighted by atomic mass is 32.2. The summed E-state index contributed by atoms with van der Waals surface area (Å²) in [4.78, 5) is 10.9. The average molecular weight is 530 g/mol. The Bertz CT molecular complexity index is 1830. The lowest BCUT2D eigenvalue weighted by molar-refractivity contribution is 0.415. The molecule has 0 fully saturated rings. The molecule has 0 aliphatic heterocycles. The number of rotatable bonds is 6. The van der Waals surface area contributed by atoms with Crippen LogP contribution in [0, 0.1) is 6.92 Å². The van der Waals surface area contributed by atoms with Gasteiger partial charge >= 0.3 is 0 Å². The van der Waals surface area contributed by atoms with Crippen molar-refractivity contribution in [1.82, 2.24) is 14.5 Å². The summed E-state index contributed by atoms with van der Waals surface area (Å²) >= 11 is 0. The second-order valence-electron chi connectivity index (χ2n) is 9.41. The van der Waals surface area contributed by atoms with Crippen molar-refractivity contribution in [3.8, 4) is 39.7 Å². The standard InChI is InChI=1S/C33H27N3O2S/c1-22-19-29(39(37)28-7-5-4-6-8-28)13-14-30(22)33-35-31(23-15-17-34-18-16-23)32(36(33)2)26-10-9-25-21-27(38-3)12-11-24(25)20-26/h4-21H,1-3H3. The first-order chi connectivity index (χ1) is 19.0. The Balaban J connectivity index is 1.49. The molecule has 0 bridgehead atoms. The zero-order valence-electron chi connectivity index (χ0n) is 22.0. The molecule has 5 nitrogen and oxygen atoms in total. The molecule has 0 aliphatic rings. The molecule has 0 saturated heterocycles. The van der Waals surface area contributed by atoms with Gasteiger partial charge in [-0.1, -0.05) is 36.4 Å². The highest BCUT2D eigenvalue weighted by Gasteiger charge is 2.21. The third-order valence-corrected chi connectivity index (χ3v) is 8.36. The third-order valence-electron chi connectivity index (χ3n) is 6.98. The molecule has 39 heavy (non-hydrogen) atoms. The molecule has 192 valence electrons. The van der Waals surface area contributed by atoms with Gasteiger partial charge in [-0.2, -0.15) is 0 Å².